The first-order valence-corrected chi connectivity index (χ1v) is 13.3. The van der Waals surface area contributed by atoms with Gasteiger partial charge in [-0.05, 0) is 78.5 Å². The maximum Gasteiger partial charge on any atom is 0.254 e. The number of fused-ring (bicyclic) bond motifs is 3. The van der Waals surface area contributed by atoms with Crippen molar-refractivity contribution >= 4 is 21.4 Å². The maximum atomic E-state index is 11.8. The fraction of sp³-hybridized carbons (Fsp3) is 0.296. The van der Waals surface area contributed by atoms with Gasteiger partial charge in [0.05, 0.1) is 18.2 Å². The monoisotopic (exact) mass is 490 g/mol. The topological polar surface area (TPSA) is 94.6 Å². The lowest BCUT2D eigenvalue weighted by Gasteiger charge is -2.48. The van der Waals surface area contributed by atoms with Crippen LogP contribution in [0.25, 0.3) is 11.1 Å². The van der Waals surface area contributed by atoms with Gasteiger partial charge in [-0.1, -0.05) is 24.8 Å². The van der Waals surface area contributed by atoms with Crippen molar-refractivity contribution < 1.29 is 13.5 Å². The van der Waals surface area contributed by atoms with Gasteiger partial charge in [-0.3, -0.25) is 14.6 Å². The fourth-order valence-corrected chi connectivity index (χ4v) is 6.18. The van der Waals surface area contributed by atoms with Crippen LogP contribution in [0.4, 0.5) is 11.4 Å². The zero-order chi connectivity index (χ0) is 24.6. The predicted octanol–water partition coefficient (Wildman–Crippen LogP) is 4.16. The number of rotatable bonds is 7. The zero-order valence-electron chi connectivity index (χ0n) is 19.7. The molecule has 5 rings (SSSR count). The summed E-state index contributed by atoms with van der Waals surface area (Å²) in [6.07, 6.45) is 4.66. The minimum absolute atomic E-state index is 0.00189. The van der Waals surface area contributed by atoms with Gasteiger partial charge in [-0.15, -0.1) is 0 Å². The number of nitrogens with one attached hydrogen (secondary N) is 2. The van der Waals surface area contributed by atoms with E-state index in [1.807, 2.05) is 24.5 Å². The maximum absolute atomic E-state index is 11.8. The van der Waals surface area contributed by atoms with Crippen LogP contribution < -0.4 is 10.0 Å². The first-order chi connectivity index (χ1) is 16.8. The number of aromatic nitrogens is 1. The Labute approximate surface area is 206 Å². The molecule has 0 unspecified atom stereocenters. The molecule has 2 aliphatic rings. The predicted molar refractivity (Wildman–Crippen MR) is 139 cm³/mol. The SMILES string of the molecule is C=CS(=O)(=O)Nc1ccc(-c2ccc3c(c2)[C@@]2(C)[C@H](CCN2Cc2ccncc2)[C@@H](CO)N3)cc1. The molecule has 1 saturated heterocycles. The molecule has 1 fully saturated rings. The van der Waals surface area contributed by atoms with Crippen LogP contribution in [0, 0.1) is 5.92 Å². The van der Waals surface area contributed by atoms with Crippen molar-refractivity contribution in [1.29, 1.82) is 0 Å². The van der Waals surface area contributed by atoms with Crippen molar-refractivity contribution in [2.24, 2.45) is 5.92 Å². The van der Waals surface area contributed by atoms with Gasteiger partial charge < -0.3 is 10.4 Å². The number of anilines is 2. The first kappa shape index (κ1) is 23.5. The van der Waals surface area contributed by atoms with Crippen LogP contribution in [-0.4, -0.2) is 42.6 Å². The smallest absolute Gasteiger partial charge is 0.254 e. The minimum Gasteiger partial charge on any atom is -0.394 e. The van der Waals surface area contributed by atoms with Crippen LogP contribution in [0.5, 0.6) is 0 Å². The van der Waals surface area contributed by atoms with E-state index >= 15 is 0 Å². The summed E-state index contributed by atoms with van der Waals surface area (Å²) in [5.74, 6) is 0.271. The number of sulfonamides is 1. The Morgan fingerprint density at radius 3 is 2.57 bits per heavy atom. The van der Waals surface area contributed by atoms with Gasteiger partial charge in [-0.2, -0.15) is 0 Å². The van der Waals surface area contributed by atoms with Gasteiger partial charge in [0.25, 0.3) is 10.0 Å². The van der Waals surface area contributed by atoms with E-state index in [4.69, 9.17) is 0 Å². The van der Waals surface area contributed by atoms with Crippen LogP contribution in [0.1, 0.15) is 24.5 Å². The highest BCUT2D eigenvalue weighted by atomic mass is 32.2. The summed E-state index contributed by atoms with van der Waals surface area (Å²) in [6, 6.07) is 17.8. The van der Waals surface area contributed by atoms with Gasteiger partial charge >= 0.3 is 0 Å². The van der Waals surface area contributed by atoms with Crippen molar-refractivity contribution in [3.05, 3.63) is 90.1 Å². The summed E-state index contributed by atoms with van der Waals surface area (Å²) in [6.45, 7) is 7.48. The van der Waals surface area contributed by atoms with E-state index in [0.717, 1.165) is 41.7 Å². The number of hydrogen-bond acceptors (Lipinski definition) is 6. The Morgan fingerprint density at radius 2 is 1.89 bits per heavy atom. The lowest BCUT2D eigenvalue weighted by atomic mass is 9.72. The highest BCUT2D eigenvalue weighted by molar-refractivity contribution is 7.95. The molecule has 35 heavy (non-hydrogen) atoms. The molecule has 3 aromatic rings. The van der Waals surface area contributed by atoms with Crippen LogP contribution >= 0.6 is 0 Å². The van der Waals surface area contributed by atoms with Crippen LogP contribution in [0.2, 0.25) is 0 Å². The van der Waals surface area contributed by atoms with E-state index in [9.17, 15) is 13.5 Å². The third kappa shape index (κ3) is 4.33. The molecule has 8 heteroatoms. The second-order valence-electron chi connectivity index (χ2n) is 9.40. The highest BCUT2D eigenvalue weighted by Gasteiger charge is 2.52. The minimum atomic E-state index is -3.54. The quantitative estimate of drug-likeness (QED) is 0.461. The molecule has 3 N–H and O–H groups in total. The van der Waals surface area contributed by atoms with Crippen molar-refractivity contribution in [3.63, 3.8) is 0 Å². The normalized spacial score (nSPS) is 23.7. The molecule has 0 saturated carbocycles. The Bertz CT molecular complexity index is 1330. The molecule has 0 radical (unpaired) electrons. The molecule has 0 bridgehead atoms. The van der Waals surface area contributed by atoms with Crippen molar-refractivity contribution in [2.45, 2.75) is 31.5 Å². The number of benzene rings is 2. The Morgan fingerprint density at radius 1 is 1.17 bits per heavy atom. The molecule has 7 nitrogen and oxygen atoms in total. The van der Waals surface area contributed by atoms with E-state index in [1.54, 1.807) is 12.1 Å². The van der Waals surface area contributed by atoms with E-state index in [-0.39, 0.29) is 24.1 Å². The highest BCUT2D eigenvalue weighted by Crippen LogP contribution is 2.52. The van der Waals surface area contributed by atoms with Crippen LogP contribution in [0.15, 0.2) is 79.0 Å². The van der Waals surface area contributed by atoms with Gasteiger partial charge in [0.15, 0.2) is 0 Å². The molecular formula is C27H30N4O3S. The van der Waals surface area contributed by atoms with Crippen LogP contribution in [-0.2, 0) is 22.1 Å². The van der Waals surface area contributed by atoms with Crippen molar-refractivity contribution in [3.8, 4) is 11.1 Å². The molecule has 0 spiro atoms. The first-order valence-electron chi connectivity index (χ1n) is 11.8. The van der Waals surface area contributed by atoms with E-state index in [2.05, 4.69) is 63.8 Å². The number of nitrogens with zero attached hydrogens (tertiary/aromatic N) is 2. The summed E-state index contributed by atoms with van der Waals surface area (Å²) < 4.78 is 26.0. The molecule has 182 valence electrons. The van der Waals surface area contributed by atoms with Gasteiger partial charge in [0.1, 0.15) is 0 Å². The number of aliphatic hydroxyl groups is 1. The molecule has 3 heterocycles. The second kappa shape index (κ2) is 9.11. The average Bonchev–Trinajstić information content (AvgIpc) is 3.21. The van der Waals surface area contributed by atoms with Crippen LogP contribution in [0.3, 0.4) is 0 Å². The van der Waals surface area contributed by atoms with E-state index in [0.29, 0.717) is 5.69 Å². The zero-order valence-corrected chi connectivity index (χ0v) is 20.5. The third-order valence-corrected chi connectivity index (χ3v) is 8.46. The number of aliphatic hydroxyl groups excluding tert-OH is 1. The fourth-order valence-electron chi connectivity index (χ4n) is 5.64. The Balaban J connectivity index is 1.51. The largest absolute Gasteiger partial charge is 0.394 e. The summed E-state index contributed by atoms with van der Waals surface area (Å²) in [5, 5.41) is 14.6. The van der Waals surface area contributed by atoms with Crippen molar-refractivity contribution in [1.82, 2.24) is 9.88 Å². The number of pyridine rings is 1. The Kier molecular flexibility index (Phi) is 6.13. The summed E-state index contributed by atoms with van der Waals surface area (Å²) in [4.78, 5) is 6.67. The van der Waals surface area contributed by atoms with Gasteiger partial charge in [0, 0.05) is 41.6 Å². The molecule has 2 aromatic carbocycles. The molecular weight excluding hydrogens is 460 g/mol. The molecule has 1 aromatic heterocycles. The summed E-state index contributed by atoms with van der Waals surface area (Å²) in [7, 11) is -3.54. The lowest BCUT2D eigenvalue weighted by molar-refractivity contribution is 0.0826. The Hall–Kier alpha value is -3.20. The molecule has 0 aliphatic carbocycles. The van der Waals surface area contributed by atoms with E-state index < -0.39 is 10.0 Å². The van der Waals surface area contributed by atoms with Crippen molar-refractivity contribution in [2.75, 3.05) is 23.2 Å². The van der Waals surface area contributed by atoms with Gasteiger partial charge in [-0.25, -0.2) is 8.42 Å². The second-order valence-corrected chi connectivity index (χ2v) is 11.0. The molecule has 3 atom stereocenters. The summed E-state index contributed by atoms with van der Waals surface area (Å²) >= 11 is 0. The lowest BCUT2D eigenvalue weighted by Crippen LogP contribution is -2.52. The summed E-state index contributed by atoms with van der Waals surface area (Å²) in [5.41, 5.74) is 5.78. The number of likely N-dealkylation sites (tertiary alicyclic amines) is 1. The third-order valence-electron chi connectivity index (χ3n) is 7.50. The van der Waals surface area contributed by atoms with Gasteiger partial charge in [0.2, 0.25) is 0 Å². The standard InChI is InChI=1S/C27H30N4O3S/c1-3-35(33,34)30-22-7-4-20(5-8-22)21-6-9-25-24(16-21)27(2)23(26(18-32)29-25)12-15-31(27)17-19-10-13-28-14-11-19/h3-11,13-14,16,23,26,29-30,32H,1,12,15,17-18H2,2H3/t23-,26-,27-/m1/s1. The average molecular weight is 491 g/mol. The molecule has 2 aliphatic heterocycles. The van der Waals surface area contributed by atoms with E-state index in [1.165, 1.54) is 11.1 Å². The molecule has 0 amide bonds. The number of hydrogen-bond donors (Lipinski definition) is 3.